The normalized spacial score (nSPS) is 14.8. The van der Waals surface area contributed by atoms with Gasteiger partial charge in [-0.05, 0) is 43.2 Å². The molecule has 4 nitrogen and oxygen atoms in total. The predicted octanol–water partition coefficient (Wildman–Crippen LogP) is 5.36. The van der Waals surface area contributed by atoms with Crippen molar-refractivity contribution in [3.05, 3.63) is 107 Å². The van der Waals surface area contributed by atoms with Gasteiger partial charge in [0.1, 0.15) is 11.5 Å². The largest absolute Gasteiger partial charge is 0.372 e. The van der Waals surface area contributed by atoms with Crippen molar-refractivity contribution in [3.63, 3.8) is 0 Å². The van der Waals surface area contributed by atoms with Crippen LogP contribution in [0, 0.1) is 0 Å². The molecule has 0 aliphatic carbocycles. The highest BCUT2D eigenvalue weighted by Gasteiger charge is 2.31. The van der Waals surface area contributed by atoms with Gasteiger partial charge in [-0.1, -0.05) is 72.8 Å². The lowest BCUT2D eigenvalue weighted by Crippen LogP contribution is -2.32. The molecule has 0 N–H and O–H groups in total. The van der Waals surface area contributed by atoms with Crippen molar-refractivity contribution in [1.82, 2.24) is 4.90 Å². The van der Waals surface area contributed by atoms with E-state index in [1.807, 2.05) is 78.9 Å². The van der Waals surface area contributed by atoms with E-state index in [9.17, 15) is 4.79 Å². The van der Waals surface area contributed by atoms with Crippen molar-refractivity contribution in [2.45, 2.75) is 20.4 Å². The number of carbonyl (C=O) groups excluding carboxylic acids is 1. The first-order valence-corrected chi connectivity index (χ1v) is 10.8. The molecule has 0 atom stereocenters. The third-order valence-corrected chi connectivity index (χ3v) is 5.49. The minimum absolute atomic E-state index is 0.0736. The molecule has 0 unspecified atom stereocenters. The van der Waals surface area contributed by atoms with Gasteiger partial charge in [-0.2, -0.15) is 0 Å². The molecule has 0 radical (unpaired) electrons. The molecular weight excluding hydrogens is 382 g/mol. The maximum Gasteiger partial charge on any atom is 0.278 e. The summed E-state index contributed by atoms with van der Waals surface area (Å²) in [4.78, 5) is 22.1. The van der Waals surface area contributed by atoms with Crippen LogP contribution in [0.5, 0.6) is 0 Å². The molecule has 4 rings (SSSR count). The van der Waals surface area contributed by atoms with Crippen LogP contribution in [0.1, 0.15) is 30.5 Å². The summed E-state index contributed by atoms with van der Waals surface area (Å²) in [5.74, 6) is 0.621. The van der Waals surface area contributed by atoms with E-state index >= 15 is 0 Å². The second kappa shape index (κ2) is 9.43. The Bertz CT molecular complexity index is 1080. The molecular formula is C27H27N3O. The van der Waals surface area contributed by atoms with E-state index in [-0.39, 0.29) is 5.91 Å². The second-order valence-corrected chi connectivity index (χ2v) is 7.47. The number of rotatable bonds is 7. The summed E-state index contributed by atoms with van der Waals surface area (Å²) in [5.41, 5.74) is 4.63. The van der Waals surface area contributed by atoms with E-state index in [0.29, 0.717) is 18.1 Å². The molecule has 3 aromatic rings. The Hall–Kier alpha value is -3.66. The lowest BCUT2D eigenvalue weighted by atomic mass is 10.1. The molecule has 1 aliphatic heterocycles. The van der Waals surface area contributed by atoms with Crippen LogP contribution in [-0.2, 0) is 11.3 Å². The fourth-order valence-corrected chi connectivity index (χ4v) is 3.80. The van der Waals surface area contributed by atoms with Crippen molar-refractivity contribution in [1.29, 1.82) is 0 Å². The lowest BCUT2D eigenvalue weighted by molar-refractivity contribution is -0.123. The highest BCUT2D eigenvalue weighted by molar-refractivity contribution is 6.19. The minimum Gasteiger partial charge on any atom is -0.372 e. The molecule has 3 aromatic carbocycles. The topological polar surface area (TPSA) is 35.9 Å². The Morgan fingerprint density at radius 2 is 1.45 bits per heavy atom. The summed E-state index contributed by atoms with van der Waals surface area (Å²) in [6, 6.07) is 28.2. The highest BCUT2D eigenvalue weighted by atomic mass is 16.2. The van der Waals surface area contributed by atoms with Crippen LogP contribution in [-0.4, -0.2) is 29.7 Å². The van der Waals surface area contributed by atoms with E-state index in [0.717, 1.165) is 29.8 Å². The monoisotopic (exact) mass is 409 g/mol. The maximum atomic E-state index is 13.3. The standard InChI is InChI=1S/C27H27N3O/c1-3-29(4-2)24-17-15-21(16-18-24)19-25-27(31)30(20-22-11-7-5-8-12-22)26(28-25)23-13-9-6-10-14-23/h5-19H,3-4,20H2,1-2H3. The van der Waals surface area contributed by atoms with Crippen molar-refractivity contribution < 1.29 is 4.79 Å². The van der Waals surface area contributed by atoms with E-state index in [1.54, 1.807) is 4.90 Å². The Labute approximate surface area is 184 Å². The molecule has 4 heteroatoms. The quantitative estimate of drug-likeness (QED) is 0.492. The number of nitrogens with zero attached hydrogens (tertiary/aromatic N) is 3. The number of amidine groups is 1. The third-order valence-electron chi connectivity index (χ3n) is 5.49. The summed E-state index contributed by atoms with van der Waals surface area (Å²) in [5, 5.41) is 0. The third kappa shape index (κ3) is 4.58. The Morgan fingerprint density at radius 1 is 0.839 bits per heavy atom. The number of benzene rings is 3. The van der Waals surface area contributed by atoms with E-state index in [1.165, 1.54) is 5.69 Å². The fraction of sp³-hybridized carbons (Fsp3) is 0.185. The van der Waals surface area contributed by atoms with Gasteiger partial charge in [-0.15, -0.1) is 0 Å². The zero-order valence-electron chi connectivity index (χ0n) is 18.0. The molecule has 1 amide bonds. The van der Waals surface area contributed by atoms with Crippen LogP contribution in [0.25, 0.3) is 6.08 Å². The fourth-order valence-electron chi connectivity index (χ4n) is 3.80. The molecule has 0 saturated heterocycles. The van der Waals surface area contributed by atoms with Crippen molar-refractivity contribution in [3.8, 4) is 0 Å². The summed E-state index contributed by atoms with van der Waals surface area (Å²) in [6.07, 6.45) is 1.88. The van der Waals surface area contributed by atoms with Gasteiger partial charge in [0.25, 0.3) is 5.91 Å². The summed E-state index contributed by atoms with van der Waals surface area (Å²) < 4.78 is 0. The first kappa shape index (κ1) is 20.6. The zero-order valence-corrected chi connectivity index (χ0v) is 18.0. The lowest BCUT2D eigenvalue weighted by Gasteiger charge is -2.20. The average molecular weight is 410 g/mol. The number of hydrogen-bond acceptors (Lipinski definition) is 3. The van der Waals surface area contributed by atoms with Crippen LogP contribution in [0.3, 0.4) is 0 Å². The number of amides is 1. The van der Waals surface area contributed by atoms with E-state index in [4.69, 9.17) is 4.99 Å². The molecule has 0 bridgehead atoms. The van der Waals surface area contributed by atoms with Crippen LogP contribution in [0.4, 0.5) is 5.69 Å². The van der Waals surface area contributed by atoms with Gasteiger partial charge in [0.2, 0.25) is 0 Å². The van der Waals surface area contributed by atoms with Gasteiger partial charge in [-0.3, -0.25) is 9.69 Å². The molecule has 0 fully saturated rings. The Kier molecular flexibility index (Phi) is 6.27. The van der Waals surface area contributed by atoms with Gasteiger partial charge in [-0.25, -0.2) is 4.99 Å². The summed E-state index contributed by atoms with van der Waals surface area (Å²) in [6.45, 7) is 6.73. The van der Waals surface area contributed by atoms with Gasteiger partial charge in [0.05, 0.1) is 6.54 Å². The van der Waals surface area contributed by atoms with Crippen LogP contribution in [0.15, 0.2) is 95.6 Å². The maximum absolute atomic E-state index is 13.3. The van der Waals surface area contributed by atoms with Gasteiger partial charge < -0.3 is 4.90 Å². The molecule has 1 aliphatic rings. The van der Waals surface area contributed by atoms with Crippen LogP contribution in [0.2, 0.25) is 0 Å². The smallest absolute Gasteiger partial charge is 0.278 e. The molecule has 1 heterocycles. The Morgan fingerprint density at radius 3 is 2.06 bits per heavy atom. The van der Waals surface area contributed by atoms with E-state index < -0.39 is 0 Å². The first-order valence-electron chi connectivity index (χ1n) is 10.8. The van der Waals surface area contributed by atoms with Crippen LogP contribution >= 0.6 is 0 Å². The van der Waals surface area contributed by atoms with Crippen molar-refractivity contribution in [2.75, 3.05) is 18.0 Å². The molecule has 156 valence electrons. The first-order chi connectivity index (χ1) is 15.2. The number of hydrogen-bond donors (Lipinski definition) is 0. The molecule has 0 saturated carbocycles. The van der Waals surface area contributed by atoms with E-state index in [2.05, 4.69) is 30.9 Å². The number of aliphatic imine (C=N–C) groups is 1. The van der Waals surface area contributed by atoms with Gasteiger partial charge in [0, 0.05) is 24.3 Å². The molecule has 0 aromatic heterocycles. The second-order valence-electron chi connectivity index (χ2n) is 7.47. The number of carbonyl (C=O) groups is 1. The summed E-state index contributed by atoms with van der Waals surface area (Å²) >= 11 is 0. The molecule has 31 heavy (non-hydrogen) atoms. The minimum atomic E-state index is -0.0736. The van der Waals surface area contributed by atoms with Gasteiger partial charge >= 0.3 is 0 Å². The molecule has 0 spiro atoms. The zero-order chi connectivity index (χ0) is 21.6. The Balaban J connectivity index is 1.66. The van der Waals surface area contributed by atoms with Gasteiger partial charge in [0.15, 0.2) is 0 Å². The number of anilines is 1. The average Bonchev–Trinajstić information content (AvgIpc) is 3.12. The SMILES string of the molecule is CCN(CC)c1ccc(C=C2N=C(c3ccccc3)N(Cc3ccccc3)C2=O)cc1. The van der Waals surface area contributed by atoms with Crippen LogP contribution < -0.4 is 4.90 Å². The summed E-state index contributed by atoms with van der Waals surface area (Å²) in [7, 11) is 0. The van der Waals surface area contributed by atoms with Crippen molar-refractivity contribution >= 4 is 23.5 Å². The predicted molar refractivity (Wildman–Crippen MR) is 128 cm³/mol. The van der Waals surface area contributed by atoms with Crippen molar-refractivity contribution in [2.24, 2.45) is 4.99 Å². The highest BCUT2D eigenvalue weighted by Crippen LogP contribution is 2.25.